The van der Waals surface area contributed by atoms with Crippen LogP contribution in [0.15, 0.2) is 9.52 Å². The summed E-state index contributed by atoms with van der Waals surface area (Å²) in [6, 6.07) is 0.327. The zero-order valence-electron chi connectivity index (χ0n) is 14.7. The Morgan fingerprint density at radius 3 is 2.55 bits per heavy atom. The average Bonchev–Trinajstić information content (AvgIpc) is 2.81. The van der Waals surface area contributed by atoms with Gasteiger partial charge in [-0.25, -0.2) is 0 Å². The predicted molar refractivity (Wildman–Crippen MR) is 86.9 cm³/mol. The summed E-state index contributed by atoms with van der Waals surface area (Å²) in [7, 11) is 3.56. The molecule has 0 saturated heterocycles. The predicted octanol–water partition coefficient (Wildman–Crippen LogP) is 2.16. The molecule has 6 heteroatoms. The fraction of sp³-hybridized carbons (Fsp3) is 0.750. The molecule has 0 aliphatic heterocycles. The molecule has 1 heterocycles. The third-order valence-corrected chi connectivity index (χ3v) is 5.43. The van der Waals surface area contributed by atoms with E-state index >= 15 is 0 Å². The zero-order chi connectivity index (χ0) is 16.5. The third kappa shape index (κ3) is 2.72. The number of rotatable bonds is 4. The van der Waals surface area contributed by atoms with Gasteiger partial charge in [0.2, 0.25) is 0 Å². The number of aliphatic imine (C=N–C) groups is 1. The number of nitrogens with zero attached hydrogens (tertiary/aromatic N) is 2. The first-order valence-corrected chi connectivity index (χ1v) is 7.69. The molecular weight excluding hydrogens is 280 g/mol. The Morgan fingerprint density at radius 1 is 1.41 bits per heavy atom. The van der Waals surface area contributed by atoms with Crippen LogP contribution in [-0.4, -0.2) is 36.9 Å². The largest absolute Gasteiger partial charge is 0.378 e. The molecule has 1 saturated carbocycles. The summed E-state index contributed by atoms with van der Waals surface area (Å²) in [5.74, 6) is 1.63. The summed E-state index contributed by atoms with van der Waals surface area (Å²) < 4.78 is 10.8. The molecular formula is C16H28N4O2. The van der Waals surface area contributed by atoms with Crippen LogP contribution in [0.25, 0.3) is 0 Å². The highest BCUT2D eigenvalue weighted by Crippen LogP contribution is 2.51. The molecule has 2 N–H and O–H groups in total. The molecule has 2 atom stereocenters. The van der Waals surface area contributed by atoms with Gasteiger partial charge in [0.1, 0.15) is 5.76 Å². The first-order valence-electron chi connectivity index (χ1n) is 7.69. The van der Waals surface area contributed by atoms with Crippen LogP contribution in [0.1, 0.15) is 44.2 Å². The number of aromatic nitrogens is 1. The van der Waals surface area contributed by atoms with E-state index in [0.717, 1.165) is 29.4 Å². The Bertz CT molecular complexity index is 545. The van der Waals surface area contributed by atoms with E-state index in [9.17, 15) is 0 Å². The third-order valence-electron chi connectivity index (χ3n) is 5.43. The molecule has 0 bridgehead atoms. The van der Waals surface area contributed by atoms with E-state index in [1.807, 2.05) is 13.8 Å². The Balaban J connectivity index is 1.95. The highest BCUT2D eigenvalue weighted by Gasteiger charge is 2.58. The number of hydrogen-bond donors (Lipinski definition) is 2. The Kier molecular flexibility index (Phi) is 4.52. The van der Waals surface area contributed by atoms with Crippen LogP contribution in [0.4, 0.5) is 0 Å². The summed E-state index contributed by atoms with van der Waals surface area (Å²) in [5, 5.41) is 10.8. The minimum Gasteiger partial charge on any atom is -0.378 e. The van der Waals surface area contributed by atoms with Crippen molar-refractivity contribution in [2.45, 2.75) is 59.2 Å². The van der Waals surface area contributed by atoms with Gasteiger partial charge in [-0.2, -0.15) is 0 Å². The van der Waals surface area contributed by atoms with Gasteiger partial charge in [0.05, 0.1) is 11.3 Å². The normalized spacial score (nSPS) is 27.4. The van der Waals surface area contributed by atoms with Crippen LogP contribution >= 0.6 is 0 Å². The number of aryl methyl sites for hydroxylation is 2. The second kappa shape index (κ2) is 5.91. The lowest BCUT2D eigenvalue weighted by Gasteiger charge is -2.59. The van der Waals surface area contributed by atoms with Crippen molar-refractivity contribution in [2.24, 2.45) is 10.4 Å². The number of methoxy groups -OCH3 is 1. The van der Waals surface area contributed by atoms with Gasteiger partial charge in [-0.3, -0.25) is 4.99 Å². The quantitative estimate of drug-likeness (QED) is 0.659. The molecule has 0 amide bonds. The summed E-state index contributed by atoms with van der Waals surface area (Å²) in [4.78, 5) is 4.31. The number of ether oxygens (including phenoxy) is 1. The van der Waals surface area contributed by atoms with Crippen molar-refractivity contribution in [1.82, 2.24) is 15.8 Å². The van der Waals surface area contributed by atoms with Crippen molar-refractivity contribution >= 4 is 5.96 Å². The maximum Gasteiger partial charge on any atom is 0.191 e. The van der Waals surface area contributed by atoms with Crippen molar-refractivity contribution in [1.29, 1.82) is 0 Å². The van der Waals surface area contributed by atoms with Crippen molar-refractivity contribution in [3.05, 3.63) is 17.0 Å². The van der Waals surface area contributed by atoms with Crippen LogP contribution in [0.2, 0.25) is 0 Å². The zero-order valence-corrected chi connectivity index (χ0v) is 14.7. The molecule has 2 rings (SSSR count). The van der Waals surface area contributed by atoms with Gasteiger partial charge in [0.15, 0.2) is 5.96 Å². The van der Waals surface area contributed by atoms with Crippen LogP contribution in [0.3, 0.4) is 0 Å². The Labute approximate surface area is 132 Å². The number of nitrogens with one attached hydrogen (secondary N) is 2. The van der Waals surface area contributed by atoms with Crippen LogP contribution in [0, 0.1) is 19.3 Å². The summed E-state index contributed by atoms with van der Waals surface area (Å²) in [6.45, 7) is 11.1. The molecule has 6 nitrogen and oxygen atoms in total. The van der Waals surface area contributed by atoms with Crippen molar-refractivity contribution in [2.75, 3.05) is 14.2 Å². The van der Waals surface area contributed by atoms with Crippen molar-refractivity contribution in [3.63, 3.8) is 0 Å². The highest BCUT2D eigenvalue weighted by atomic mass is 16.5. The number of guanidine groups is 1. The Morgan fingerprint density at radius 2 is 2.09 bits per heavy atom. The van der Waals surface area contributed by atoms with Gasteiger partial charge in [0.25, 0.3) is 0 Å². The van der Waals surface area contributed by atoms with E-state index in [2.05, 4.69) is 41.6 Å². The molecule has 124 valence electrons. The molecule has 22 heavy (non-hydrogen) atoms. The van der Waals surface area contributed by atoms with E-state index in [-0.39, 0.29) is 11.0 Å². The topological polar surface area (TPSA) is 71.7 Å². The molecule has 2 unspecified atom stereocenters. The van der Waals surface area contributed by atoms with Crippen molar-refractivity contribution < 1.29 is 9.26 Å². The molecule has 1 aromatic heterocycles. The van der Waals surface area contributed by atoms with E-state index in [1.54, 1.807) is 14.2 Å². The van der Waals surface area contributed by atoms with Gasteiger partial charge >= 0.3 is 0 Å². The van der Waals surface area contributed by atoms with Crippen LogP contribution < -0.4 is 10.6 Å². The molecule has 1 aromatic rings. The van der Waals surface area contributed by atoms with Gasteiger partial charge in [0, 0.05) is 37.7 Å². The molecule has 0 aromatic carbocycles. The van der Waals surface area contributed by atoms with Crippen molar-refractivity contribution in [3.8, 4) is 0 Å². The lowest BCUT2D eigenvalue weighted by molar-refractivity contribution is -0.176. The van der Waals surface area contributed by atoms with E-state index in [4.69, 9.17) is 9.26 Å². The fourth-order valence-corrected chi connectivity index (χ4v) is 3.01. The van der Waals surface area contributed by atoms with Gasteiger partial charge in [-0.1, -0.05) is 19.0 Å². The minimum absolute atomic E-state index is 0.0440. The lowest BCUT2D eigenvalue weighted by atomic mass is 9.56. The average molecular weight is 308 g/mol. The second-order valence-electron chi connectivity index (χ2n) is 6.79. The smallest absolute Gasteiger partial charge is 0.191 e. The maximum atomic E-state index is 5.66. The van der Waals surface area contributed by atoms with Gasteiger partial charge in [-0.15, -0.1) is 0 Å². The van der Waals surface area contributed by atoms with Crippen LogP contribution in [0.5, 0.6) is 0 Å². The standard InChI is InChI=1S/C16H28N4O2/c1-10-12(11(2)22-20-10)9-18-14(17-6)19-13-8-16(5,21-7)15(13,3)4/h13H,8-9H2,1-7H3,(H2,17,18,19). The first kappa shape index (κ1) is 16.8. The monoisotopic (exact) mass is 308 g/mol. The minimum atomic E-state index is -0.0921. The molecule has 0 radical (unpaired) electrons. The highest BCUT2D eigenvalue weighted by molar-refractivity contribution is 5.80. The summed E-state index contributed by atoms with van der Waals surface area (Å²) in [6.07, 6.45) is 0.961. The van der Waals surface area contributed by atoms with E-state index in [0.29, 0.717) is 12.6 Å². The van der Waals surface area contributed by atoms with Gasteiger partial charge < -0.3 is 19.9 Å². The molecule has 1 aliphatic carbocycles. The number of hydrogen-bond acceptors (Lipinski definition) is 4. The first-order chi connectivity index (χ1) is 10.2. The molecule has 1 aliphatic rings. The fourth-order valence-electron chi connectivity index (χ4n) is 3.01. The second-order valence-corrected chi connectivity index (χ2v) is 6.79. The lowest BCUT2D eigenvalue weighted by Crippen LogP contribution is -2.69. The molecule has 0 spiro atoms. The maximum absolute atomic E-state index is 5.66. The summed E-state index contributed by atoms with van der Waals surface area (Å²) in [5.41, 5.74) is 1.95. The summed E-state index contributed by atoms with van der Waals surface area (Å²) >= 11 is 0. The van der Waals surface area contributed by atoms with Gasteiger partial charge in [-0.05, 0) is 27.2 Å². The van der Waals surface area contributed by atoms with E-state index < -0.39 is 0 Å². The SMILES string of the molecule is CN=C(NCc1c(C)noc1C)NC1CC(C)(OC)C1(C)C. The van der Waals surface area contributed by atoms with E-state index in [1.165, 1.54) is 0 Å². The molecule has 1 fully saturated rings. The Hall–Kier alpha value is -1.56. The van der Waals surface area contributed by atoms with Crippen LogP contribution in [-0.2, 0) is 11.3 Å².